The van der Waals surface area contributed by atoms with E-state index in [9.17, 15) is 19.7 Å². The number of nitrogens with one attached hydrogen (secondary N) is 1. The third-order valence-corrected chi connectivity index (χ3v) is 7.68. The summed E-state index contributed by atoms with van der Waals surface area (Å²) in [6.45, 7) is 3.17. The number of rotatable bonds is 10. The van der Waals surface area contributed by atoms with Crippen molar-refractivity contribution in [2.75, 3.05) is 32.8 Å². The molecule has 3 heterocycles. The van der Waals surface area contributed by atoms with Crippen LogP contribution in [0.2, 0.25) is 0 Å². The molecule has 0 radical (unpaired) electrons. The number of hydrogen-bond donors (Lipinski definition) is 2. The third kappa shape index (κ3) is 6.47. The standard InChI is InChI=1S/C25H33N5O5S/c26-10-11-27-24(31)22-15-20(9-12-29(22)25(32)23-4-2-14-36-23)28(17-21-3-1-13-35-21)16-18-5-7-19(8-6-18)30(33)34/h2,4-8,14,20-22H,1,3,9-13,15-17,26H2,(H,27,31)/t20?,21?,22-/m1/s1. The van der Waals surface area contributed by atoms with Crippen LogP contribution in [0.5, 0.6) is 0 Å². The number of nitro groups is 1. The van der Waals surface area contributed by atoms with Crippen molar-refractivity contribution in [3.63, 3.8) is 0 Å². The van der Waals surface area contributed by atoms with Crippen molar-refractivity contribution in [2.45, 2.75) is 50.4 Å². The van der Waals surface area contributed by atoms with Crippen LogP contribution in [0.3, 0.4) is 0 Å². The third-order valence-electron chi connectivity index (χ3n) is 6.83. The number of hydrogen-bond acceptors (Lipinski definition) is 8. The van der Waals surface area contributed by atoms with Gasteiger partial charge in [-0.3, -0.25) is 24.6 Å². The van der Waals surface area contributed by atoms with Crippen molar-refractivity contribution < 1.29 is 19.2 Å². The van der Waals surface area contributed by atoms with E-state index in [-0.39, 0.29) is 29.6 Å². The molecule has 2 unspecified atom stereocenters. The largest absolute Gasteiger partial charge is 0.377 e. The molecular weight excluding hydrogens is 482 g/mol. The minimum atomic E-state index is -0.603. The monoisotopic (exact) mass is 515 g/mol. The molecule has 10 nitrogen and oxygen atoms in total. The fourth-order valence-electron chi connectivity index (χ4n) is 4.98. The molecule has 0 spiro atoms. The molecule has 2 saturated heterocycles. The number of carbonyl (C=O) groups is 2. The van der Waals surface area contributed by atoms with E-state index < -0.39 is 11.0 Å². The number of piperidine rings is 1. The molecule has 3 atom stereocenters. The van der Waals surface area contributed by atoms with Crippen LogP contribution < -0.4 is 11.1 Å². The van der Waals surface area contributed by atoms with Gasteiger partial charge >= 0.3 is 0 Å². The van der Waals surface area contributed by atoms with Crippen molar-refractivity contribution >= 4 is 28.8 Å². The Hall–Kier alpha value is -2.86. The van der Waals surface area contributed by atoms with Gasteiger partial charge in [-0.15, -0.1) is 11.3 Å². The van der Waals surface area contributed by atoms with E-state index in [1.54, 1.807) is 23.1 Å². The second-order valence-corrected chi connectivity index (χ2v) is 10.2. The van der Waals surface area contributed by atoms with Gasteiger partial charge in [-0.05, 0) is 42.7 Å². The van der Waals surface area contributed by atoms with Crippen molar-refractivity contribution in [3.8, 4) is 0 Å². The lowest BCUT2D eigenvalue weighted by molar-refractivity contribution is -0.384. The van der Waals surface area contributed by atoms with E-state index in [4.69, 9.17) is 10.5 Å². The Morgan fingerprint density at radius 1 is 1.25 bits per heavy atom. The number of nitrogens with zero attached hydrogens (tertiary/aromatic N) is 3. The number of nitrogens with two attached hydrogens (primary N) is 1. The van der Waals surface area contributed by atoms with Crippen LogP contribution in [0.1, 0.15) is 40.9 Å². The van der Waals surface area contributed by atoms with Crippen molar-refractivity contribution in [1.29, 1.82) is 0 Å². The molecule has 3 N–H and O–H groups in total. The molecule has 2 amide bonds. The highest BCUT2D eigenvalue weighted by Crippen LogP contribution is 2.28. The molecule has 11 heteroatoms. The number of non-ortho nitro benzene ring substituents is 1. The number of nitro benzene ring substituents is 1. The molecule has 4 rings (SSSR count). The smallest absolute Gasteiger partial charge is 0.269 e. The van der Waals surface area contributed by atoms with Gasteiger partial charge in [-0.1, -0.05) is 18.2 Å². The molecule has 0 aliphatic carbocycles. The molecule has 194 valence electrons. The van der Waals surface area contributed by atoms with Gasteiger partial charge in [-0.2, -0.15) is 0 Å². The predicted octanol–water partition coefficient (Wildman–Crippen LogP) is 2.39. The van der Waals surface area contributed by atoms with Crippen LogP contribution in [0.25, 0.3) is 0 Å². The summed E-state index contributed by atoms with van der Waals surface area (Å²) in [6, 6.07) is 9.66. The molecule has 2 aromatic rings. The highest BCUT2D eigenvalue weighted by Gasteiger charge is 2.39. The van der Waals surface area contributed by atoms with Gasteiger partial charge in [0, 0.05) is 57.5 Å². The zero-order valence-corrected chi connectivity index (χ0v) is 21.0. The van der Waals surface area contributed by atoms with Crippen molar-refractivity contribution in [3.05, 3.63) is 62.3 Å². The summed E-state index contributed by atoms with van der Waals surface area (Å²) in [5.41, 5.74) is 6.62. The van der Waals surface area contributed by atoms with Crippen LogP contribution in [0.4, 0.5) is 5.69 Å². The summed E-state index contributed by atoms with van der Waals surface area (Å²) in [7, 11) is 0. The average Bonchev–Trinajstić information content (AvgIpc) is 3.61. The summed E-state index contributed by atoms with van der Waals surface area (Å²) < 4.78 is 5.91. The van der Waals surface area contributed by atoms with Gasteiger partial charge in [0.25, 0.3) is 11.6 Å². The van der Waals surface area contributed by atoms with Crippen LogP contribution in [-0.2, 0) is 16.1 Å². The van der Waals surface area contributed by atoms with Gasteiger partial charge in [-0.25, -0.2) is 0 Å². The van der Waals surface area contributed by atoms with Gasteiger partial charge in [0.15, 0.2) is 0 Å². The summed E-state index contributed by atoms with van der Waals surface area (Å²) >= 11 is 1.37. The van der Waals surface area contributed by atoms with E-state index in [0.717, 1.165) is 31.4 Å². The molecule has 2 aliphatic heterocycles. The summed E-state index contributed by atoms with van der Waals surface area (Å²) in [5, 5.41) is 15.8. The molecule has 36 heavy (non-hydrogen) atoms. The topological polar surface area (TPSA) is 131 Å². The molecular formula is C25H33N5O5S. The van der Waals surface area contributed by atoms with Crippen LogP contribution in [0.15, 0.2) is 41.8 Å². The number of carbonyl (C=O) groups excluding carboxylic acids is 2. The second-order valence-electron chi connectivity index (χ2n) is 9.24. The first-order chi connectivity index (χ1) is 17.5. The summed E-state index contributed by atoms with van der Waals surface area (Å²) in [4.78, 5) is 41.6. The Morgan fingerprint density at radius 2 is 2.06 bits per heavy atom. The van der Waals surface area contributed by atoms with E-state index in [1.165, 1.54) is 23.5 Å². The number of ether oxygens (including phenoxy) is 1. The zero-order chi connectivity index (χ0) is 25.5. The molecule has 1 aromatic heterocycles. The molecule has 0 saturated carbocycles. The van der Waals surface area contributed by atoms with Gasteiger partial charge in [0.2, 0.25) is 5.91 Å². The lowest BCUT2D eigenvalue weighted by Gasteiger charge is -2.43. The van der Waals surface area contributed by atoms with Crippen LogP contribution in [0, 0.1) is 10.1 Å². The Kier molecular flexibility index (Phi) is 9.03. The van der Waals surface area contributed by atoms with Crippen molar-refractivity contribution in [1.82, 2.24) is 15.1 Å². The maximum Gasteiger partial charge on any atom is 0.269 e. The predicted molar refractivity (Wildman–Crippen MR) is 137 cm³/mol. The SMILES string of the molecule is NCCNC(=O)[C@H]1CC(N(Cc2ccc([N+](=O)[O-])cc2)CC2CCCO2)CCN1C(=O)c1cccs1. The normalized spacial score (nSPS) is 22.1. The molecule has 2 fully saturated rings. The first-order valence-electron chi connectivity index (χ1n) is 12.4. The molecule has 1 aromatic carbocycles. The highest BCUT2D eigenvalue weighted by atomic mass is 32.1. The number of thiophene rings is 1. The Morgan fingerprint density at radius 3 is 2.69 bits per heavy atom. The molecule has 0 bridgehead atoms. The summed E-state index contributed by atoms with van der Waals surface area (Å²) in [6.07, 6.45) is 3.32. The molecule has 2 aliphatic rings. The van der Waals surface area contributed by atoms with Crippen LogP contribution >= 0.6 is 11.3 Å². The van der Waals surface area contributed by atoms with Gasteiger partial charge in [0.1, 0.15) is 6.04 Å². The van der Waals surface area contributed by atoms with Gasteiger partial charge < -0.3 is 20.7 Å². The minimum absolute atomic E-state index is 0.0467. The second kappa shape index (κ2) is 12.4. The highest BCUT2D eigenvalue weighted by molar-refractivity contribution is 7.12. The van der Waals surface area contributed by atoms with E-state index in [0.29, 0.717) is 44.0 Å². The van der Waals surface area contributed by atoms with Crippen molar-refractivity contribution in [2.24, 2.45) is 5.73 Å². The Bertz CT molecular complexity index is 1030. The lowest BCUT2D eigenvalue weighted by Crippen LogP contribution is -2.58. The first-order valence-corrected chi connectivity index (χ1v) is 13.3. The van der Waals surface area contributed by atoms with E-state index in [1.807, 2.05) is 11.4 Å². The average molecular weight is 516 g/mol. The Balaban J connectivity index is 1.54. The maximum atomic E-state index is 13.2. The fourth-order valence-corrected chi connectivity index (χ4v) is 5.65. The zero-order valence-electron chi connectivity index (χ0n) is 20.2. The lowest BCUT2D eigenvalue weighted by atomic mass is 9.93. The van der Waals surface area contributed by atoms with E-state index >= 15 is 0 Å². The minimum Gasteiger partial charge on any atom is -0.377 e. The fraction of sp³-hybridized carbons (Fsp3) is 0.520. The first kappa shape index (κ1) is 26.2. The quantitative estimate of drug-likeness (QED) is 0.367. The number of likely N-dealkylation sites (tertiary alicyclic amines) is 1. The summed E-state index contributed by atoms with van der Waals surface area (Å²) in [5.74, 6) is -0.320. The number of amides is 2. The van der Waals surface area contributed by atoms with Gasteiger partial charge in [0.05, 0.1) is 15.9 Å². The van der Waals surface area contributed by atoms with E-state index in [2.05, 4.69) is 10.2 Å². The number of benzene rings is 1. The van der Waals surface area contributed by atoms with Crippen LogP contribution in [-0.4, -0.2) is 77.5 Å². The Labute approximate surface area is 214 Å². The maximum absolute atomic E-state index is 13.2.